The molecule has 3 rings (SSSR count). The number of ether oxygens (including phenoxy) is 1. The van der Waals surface area contributed by atoms with Gasteiger partial charge in [-0.05, 0) is 43.5 Å². The average Bonchev–Trinajstić information content (AvgIpc) is 3.23. The molecule has 1 atom stereocenters. The maximum Gasteiger partial charge on any atom is 0.387 e. The van der Waals surface area contributed by atoms with E-state index in [-0.39, 0.29) is 11.8 Å². The van der Waals surface area contributed by atoms with Crippen LogP contribution in [0.1, 0.15) is 55.9 Å². The predicted octanol–water partition coefficient (Wildman–Crippen LogP) is 4.45. The van der Waals surface area contributed by atoms with Crippen LogP contribution in [0.4, 0.5) is 8.78 Å². The lowest BCUT2D eigenvalue weighted by molar-refractivity contribution is -0.0498. The highest BCUT2D eigenvalue weighted by Crippen LogP contribution is 2.30. The summed E-state index contributed by atoms with van der Waals surface area (Å²) < 4.78 is 30.9. The molecule has 1 aromatic heterocycles. The highest BCUT2D eigenvalue weighted by Gasteiger charge is 2.19. The fourth-order valence-corrected chi connectivity index (χ4v) is 3.27. The molecule has 1 heterocycles. The second-order valence-electron chi connectivity index (χ2n) is 6.26. The summed E-state index contributed by atoms with van der Waals surface area (Å²) in [5.41, 5.74) is 2.22. The first kappa shape index (κ1) is 16.9. The number of halogens is 2. The summed E-state index contributed by atoms with van der Waals surface area (Å²) in [7, 11) is 0. The molecule has 4 nitrogen and oxygen atoms in total. The Balaban J connectivity index is 1.57. The van der Waals surface area contributed by atoms with Crippen molar-refractivity contribution in [3.05, 3.63) is 47.8 Å². The van der Waals surface area contributed by atoms with E-state index in [1.807, 2.05) is 18.3 Å². The lowest BCUT2D eigenvalue weighted by atomic mass is 10.1. The molecule has 130 valence electrons. The van der Waals surface area contributed by atoms with Gasteiger partial charge in [0.1, 0.15) is 5.75 Å². The Morgan fingerprint density at radius 2 is 1.92 bits per heavy atom. The second kappa shape index (κ2) is 7.75. The number of hydrogen-bond acceptors (Lipinski definition) is 3. The smallest absolute Gasteiger partial charge is 0.387 e. The number of aromatic nitrogens is 2. The second-order valence-corrected chi connectivity index (χ2v) is 6.26. The normalized spacial score (nSPS) is 16.7. The first-order valence-electron chi connectivity index (χ1n) is 8.44. The maximum atomic E-state index is 12.2. The SMILES string of the molecule is CC(NCc1ccnn1C1CCCC1)c1ccc(OC(F)F)cc1. The molecule has 1 aliphatic rings. The van der Waals surface area contributed by atoms with Crippen LogP contribution < -0.4 is 10.1 Å². The van der Waals surface area contributed by atoms with Crippen LogP contribution in [0, 0.1) is 0 Å². The monoisotopic (exact) mass is 335 g/mol. The molecule has 1 N–H and O–H groups in total. The van der Waals surface area contributed by atoms with Crippen molar-refractivity contribution in [3.8, 4) is 5.75 Å². The summed E-state index contributed by atoms with van der Waals surface area (Å²) in [5, 5.41) is 7.95. The third-order valence-electron chi connectivity index (χ3n) is 4.62. The fraction of sp³-hybridized carbons (Fsp3) is 0.500. The molecule has 24 heavy (non-hydrogen) atoms. The van der Waals surface area contributed by atoms with Crippen molar-refractivity contribution < 1.29 is 13.5 Å². The minimum absolute atomic E-state index is 0.109. The van der Waals surface area contributed by atoms with Gasteiger partial charge in [-0.15, -0.1) is 0 Å². The van der Waals surface area contributed by atoms with Crippen LogP contribution in [0.3, 0.4) is 0 Å². The fourth-order valence-electron chi connectivity index (χ4n) is 3.27. The van der Waals surface area contributed by atoms with Gasteiger partial charge in [0, 0.05) is 18.8 Å². The molecule has 0 amide bonds. The van der Waals surface area contributed by atoms with E-state index in [0.717, 1.165) is 12.1 Å². The lowest BCUT2D eigenvalue weighted by Gasteiger charge is -2.18. The molecular weight excluding hydrogens is 312 g/mol. The van der Waals surface area contributed by atoms with Gasteiger partial charge >= 0.3 is 6.61 Å². The van der Waals surface area contributed by atoms with Crippen LogP contribution in [0.25, 0.3) is 0 Å². The molecule has 1 unspecified atom stereocenters. The topological polar surface area (TPSA) is 39.1 Å². The summed E-state index contributed by atoms with van der Waals surface area (Å²) >= 11 is 0. The Morgan fingerprint density at radius 1 is 1.21 bits per heavy atom. The molecule has 0 spiro atoms. The first-order chi connectivity index (χ1) is 11.6. The van der Waals surface area contributed by atoms with Gasteiger partial charge < -0.3 is 10.1 Å². The third kappa shape index (κ3) is 4.12. The van der Waals surface area contributed by atoms with E-state index in [0.29, 0.717) is 6.04 Å². The van der Waals surface area contributed by atoms with Gasteiger partial charge in [-0.25, -0.2) is 0 Å². The average molecular weight is 335 g/mol. The molecule has 1 saturated carbocycles. The van der Waals surface area contributed by atoms with Gasteiger partial charge in [-0.3, -0.25) is 4.68 Å². The van der Waals surface area contributed by atoms with Crippen LogP contribution in [-0.2, 0) is 6.54 Å². The first-order valence-corrected chi connectivity index (χ1v) is 8.44. The van der Waals surface area contributed by atoms with Crippen LogP contribution in [-0.4, -0.2) is 16.4 Å². The number of nitrogens with one attached hydrogen (secondary N) is 1. The molecule has 0 aliphatic heterocycles. The van der Waals surface area contributed by atoms with Crippen molar-refractivity contribution in [2.45, 2.75) is 57.8 Å². The molecule has 0 saturated heterocycles. The maximum absolute atomic E-state index is 12.2. The Bertz CT molecular complexity index is 636. The van der Waals surface area contributed by atoms with E-state index in [4.69, 9.17) is 0 Å². The number of rotatable bonds is 7. The minimum Gasteiger partial charge on any atom is -0.435 e. The molecule has 6 heteroatoms. The van der Waals surface area contributed by atoms with E-state index in [1.165, 1.54) is 31.4 Å². The Hall–Kier alpha value is -1.95. The van der Waals surface area contributed by atoms with Gasteiger partial charge in [0.05, 0.1) is 11.7 Å². The Morgan fingerprint density at radius 3 is 2.58 bits per heavy atom. The van der Waals surface area contributed by atoms with Crippen molar-refractivity contribution in [2.24, 2.45) is 0 Å². The van der Waals surface area contributed by atoms with Crippen molar-refractivity contribution in [2.75, 3.05) is 0 Å². The number of benzene rings is 1. The van der Waals surface area contributed by atoms with Crippen molar-refractivity contribution >= 4 is 0 Å². The number of alkyl halides is 2. The zero-order valence-corrected chi connectivity index (χ0v) is 13.8. The highest BCUT2D eigenvalue weighted by atomic mass is 19.3. The van der Waals surface area contributed by atoms with Crippen molar-refractivity contribution in [1.29, 1.82) is 0 Å². The van der Waals surface area contributed by atoms with E-state index < -0.39 is 6.61 Å². The zero-order valence-electron chi connectivity index (χ0n) is 13.8. The Labute approximate surface area is 140 Å². The summed E-state index contributed by atoms with van der Waals surface area (Å²) in [6.45, 7) is -0.00563. The van der Waals surface area contributed by atoms with E-state index >= 15 is 0 Å². The molecule has 2 aromatic rings. The van der Waals surface area contributed by atoms with Crippen molar-refractivity contribution in [1.82, 2.24) is 15.1 Å². The van der Waals surface area contributed by atoms with Gasteiger partial charge in [0.15, 0.2) is 0 Å². The van der Waals surface area contributed by atoms with Gasteiger partial charge in [0.2, 0.25) is 0 Å². The third-order valence-corrected chi connectivity index (χ3v) is 4.62. The van der Waals surface area contributed by atoms with E-state index in [2.05, 4.69) is 32.8 Å². The molecule has 1 aromatic carbocycles. The largest absolute Gasteiger partial charge is 0.435 e. The van der Waals surface area contributed by atoms with Crippen LogP contribution >= 0.6 is 0 Å². The minimum atomic E-state index is -2.79. The molecule has 1 aliphatic carbocycles. The molecule has 1 fully saturated rings. The van der Waals surface area contributed by atoms with Crippen LogP contribution in [0.5, 0.6) is 5.75 Å². The molecule has 0 radical (unpaired) electrons. The number of nitrogens with zero attached hydrogens (tertiary/aromatic N) is 2. The highest BCUT2D eigenvalue weighted by molar-refractivity contribution is 5.29. The van der Waals surface area contributed by atoms with Crippen LogP contribution in [0.2, 0.25) is 0 Å². The quantitative estimate of drug-likeness (QED) is 0.812. The summed E-state index contributed by atoms with van der Waals surface area (Å²) in [6.07, 6.45) is 6.82. The molecule has 0 bridgehead atoms. The summed E-state index contributed by atoms with van der Waals surface area (Å²) in [5.74, 6) is 0.181. The van der Waals surface area contributed by atoms with Gasteiger partial charge in [-0.2, -0.15) is 13.9 Å². The van der Waals surface area contributed by atoms with Crippen molar-refractivity contribution in [3.63, 3.8) is 0 Å². The lowest BCUT2D eigenvalue weighted by Crippen LogP contribution is -2.21. The van der Waals surface area contributed by atoms with Gasteiger partial charge in [0.25, 0.3) is 0 Å². The summed E-state index contributed by atoms with van der Waals surface area (Å²) in [6, 6.07) is 9.45. The Kier molecular flexibility index (Phi) is 5.45. The van der Waals surface area contributed by atoms with E-state index in [9.17, 15) is 8.78 Å². The van der Waals surface area contributed by atoms with Crippen LogP contribution in [0.15, 0.2) is 36.5 Å². The predicted molar refractivity (Wildman–Crippen MR) is 88.1 cm³/mol. The molecular formula is C18H23F2N3O. The standard InChI is InChI=1S/C18H23F2N3O/c1-13(14-6-8-17(9-7-14)24-18(19)20)21-12-16-10-11-22-23(16)15-4-2-3-5-15/h6-11,13,15,18,21H,2-5,12H2,1H3. The van der Waals surface area contributed by atoms with E-state index in [1.54, 1.807) is 12.1 Å². The van der Waals surface area contributed by atoms with Gasteiger partial charge in [-0.1, -0.05) is 25.0 Å². The zero-order chi connectivity index (χ0) is 16.9. The number of hydrogen-bond donors (Lipinski definition) is 1. The summed E-state index contributed by atoms with van der Waals surface area (Å²) in [4.78, 5) is 0.